The second-order valence-corrected chi connectivity index (χ2v) is 3.30. The molecular formula is C11H13NO2. The molecule has 3 nitrogen and oxygen atoms in total. The maximum Gasteiger partial charge on any atom is 0.211 e. The van der Waals surface area contributed by atoms with Crippen LogP contribution in [0.3, 0.4) is 0 Å². The van der Waals surface area contributed by atoms with Crippen molar-refractivity contribution in [1.29, 1.82) is 0 Å². The van der Waals surface area contributed by atoms with Crippen molar-refractivity contribution in [3.63, 3.8) is 0 Å². The quantitative estimate of drug-likeness (QED) is 0.668. The Kier molecular flexibility index (Phi) is 2.70. The van der Waals surface area contributed by atoms with Crippen LogP contribution >= 0.6 is 0 Å². The van der Waals surface area contributed by atoms with Gasteiger partial charge in [-0.05, 0) is 19.7 Å². The van der Waals surface area contributed by atoms with Crippen molar-refractivity contribution in [2.45, 2.75) is 13.0 Å². The van der Waals surface area contributed by atoms with Crippen LogP contribution in [0.25, 0.3) is 0 Å². The van der Waals surface area contributed by atoms with Crippen LogP contribution in [0.4, 0.5) is 0 Å². The Bertz CT molecular complexity index is 314. The lowest BCUT2D eigenvalue weighted by molar-refractivity contribution is -0.196. The molecule has 0 saturated heterocycles. The minimum absolute atomic E-state index is 0.0601. The average molecular weight is 191 g/mol. The van der Waals surface area contributed by atoms with Crippen molar-refractivity contribution >= 4 is 0 Å². The fraction of sp³-hybridized carbons (Fsp3) is 0.364. The lowest BCUT2D eigenvalue weighted by Gasteiger charge is -2.29. The number of rotatable bonds is 2. The van der Waals surface area contributed by atoms with Gasteiger partial charge in [0.25, 0.3) is 0 Å². The van der Waals surface area contributed by atoms with Crippen LogP contribution in [-0.4, -0.2) is 18.5 Å². The van der Waals surface area contributed by atoms with E-state index in [0.29, 0.717) is 0 Å². The highest BCUT2D eigenvalue weighted by Gasteiger charge is 2.26. The SMILES string of the molecule is CCN(C)C1[C]OOc2ccccc21. The molecule has 0 aromatic heterocycles. The molecule has 3 heteroatoms. The number of hydrogen-bond donors (Lipinski definition) is 0. The third-order valence-corrected chi connectivity index (χ3v) is 2.44. The highest BCUT2D eigenvalue weighted by Crippen LogP contribution is 2.34. The minimum atomic E-state index is 0.0601. The highest BCUT2D eigenvalue weighted by molar-refractivity contribution is 5.37. The lowest BCUT2D eigenvalue weighted by atomic mass is 10.0. The molecule has 0 amide bonds. The largest absolute Gasteiger partial charge is 0.336 e. The van der Waals surface area contributed by atoms with Crippen molar-refractivity contribution in [2.24, 2.45) is 0 Å². The fourth-order valence-corrected chi connectivity index (χ4v) is 1.47. The number of fused-ring (bicyclic) bond motifs is 1. The predicted octanol–water partition coefficient (Wildman–Crippen LogP) is 2.04. The molecule has 1 atom stereocenters. The summed E-state index contributed by atoms with van der Waals surface area (Å²) in [6.07, 6.45) is 0. The predicted molar refractivity (Wildman–Crippen MR) is 52.4 cm³/mol. The first-order chi connectivity index (χ1) is 6.83. The summed E-state index contributed by atoms with van der Waals surface area (Å²) >= 11 is 0. The van der Waals surface area contributed by atoms with Gasteiger partial charge in [-0.25, -0.2) is 0 Å². The van der Waals surface area contributed by atoms with Gasteiger partial charge in [0.15, 0.2) is 5.75 Å². The zero-order valence-corrected chi connectivity index (χ0v) is 8.36. The van der Waals surface area contributed by atoms with E-state index in [4.69, 9.17) is 9.78 Å². The molecule has 1 aliphatic rings. The second kappa shape index (κ2) is 3.98. The maximum absolute atomic E-state index is 5.01. The summed E-state index contributed by atoms with van der Waals surface area (Å²) in [5.74, 6) is 0.775. The number of benzene rings is 1. The number of nitrogens with zero attached hydrogens (tertiary/aromatic N) is 1. The summed E-state index contributed by atoms with van der Waals surface area (Å²) in [5, 5.41) is 0. The van der Waals surface area contributed by atoms with Gasteiger partial charge in [0, 0.05) is 5.56 Å². The number of likely N-dealkylation sites (N-methyl/N-ethyl adjacent to an activating group) is 1. The molecular weight excluding hydrogens is 178 g/mol. The molecule has 0 N–H and O–H groups in total. The Morgan fingerprint density at radius 2 is 2.21 bits per heavy atom. The van der Waals surface area contributed by atoms with Gasteiger partial charge < -0.3 is 4.89 Å². The fourth-order valence-electron chi connectivity index (χ4n) is 1.47. The standard InChI is InChI=1S/C11H13NO2/c1-3-12(2)10-8-13-14-11-7-5-4-6-9(10)11/h4-7,10H,3H2,1-2H3. The molecule has 74 valence electrons. The molecule has 0 fully saturated rings. The van der Waals surface area contributed by atoms with Crippen LogP contribution in [0.15, 0.2) is 24.3 Å². The monoisotopic (exact) mass is 191 g/mol. The number of hydrogen-bond acceptors (Lipinski definition) is 3. The smallest absolute Gasteiger partial charge is 0.211 e. The Balaban J connectivity index is 2.30. The van der Waals surface area contributed by atoms with E-state index in [1.54, 1.807) is 0 Å². The van der Waals surface area contributed by atoms with E-state index in [2.05, 4.69) is 18.4 Å². The van der Waals surface area contributed by atoms with E-state index in [1.807, 2.05) is 31.3 Å². The van der Waals surface area contributed by atoms with Gasteiger partial charge in [0.1, 0.15) is 0 Å². The van der Waals surface area contributed by atoms with Crippen LogP contribution in [0.1, 0.15) is 18.5 Å². The molecule has 0 aliphatic carbocycles. The third-order valence-electron chi connectivity index (χ3n) is 2.44. The Morgan fingerprint density at radius 1 is 1.43 bits per heavy atom. The van der Waals surface area contributed by atoms with E-state index < -0.39 is 0 Å². The molecule has 0 spiro atoms. The van der Waals surface area contributed by atoms with Crippen LogP contribution in [0.2, 0.25) is 0 Å². The minimum Gasteiger partial charge on any atom is -0.336 e. The topological polar surface area (TPSA) is 21.7 Å². The van der Waals surface area contributed by atoms with Crippen molar-refractivity contribution in [3.05, 3.63) is 36.4 Å². The normalized spacial score (nSPS) is 20.4. The molecule has 14 heavy (non-hydrogen) atoms. The molecule has 2 rings (SSSR count). The molecule has 1 heterocycles. The summed E-state index contributed by atoms with van der Waals surface area (Å²) in [7, 11) is 2.03. The molecule has 1 aromatic rings. The van der Waals surface area contributed by atoms with Gasteiger partial charge in [0.05, 0.1) is 6.04 Å². The summed E-state index contributed by atoms with van der Waals surface area (Å²) < 4.78 is 0. The molecule has 2 radical (unpaired) electrons. The zero-order chi connectivity index (χ0) is 9.97. The molecule has 0 bridgehead atoms. The molecule has 0 saturated carbocycles. The van der Waals surface area contributed by atoms with Gasteiger partial charge in [-0.1, -0.05) is 25.1 Å². The highest BCUT2D eigenvalue weighted by atomic mass is 17.2. The van der Waals surface area contributed by atoms with E-state index in [1.165, 1.54) is 0 Å². The van der Waals surface area contributed by atoms with Gasteiger partial charge in [-0.15, -0.1) is 0 Å². The molecule has 1 aliphatic heterocycles. The van der Waals surface area contributed by atoms with E-state index in [9.17, 15) is 0 Å². The van der Waals surface area contributed by atoms with Crippen LogP contribution < -0.4 is 4.89 Å². The van der Waals surface area contributed by atoms with Crippen molar-refractivity contribution in [3.8, 4) is 5.75 Å². The van der Waals surface area contributed by atoms with Gasteiger partial charge in [0.2, 0.25) is 6.61 Å². The first-order valence-corrected chi connectivity index (χ1v) is 4.71. The van der Waals surface area contributed by atoms with Crippen LogP contribution in [0, 0.1) is 6.61 Å². The Morgan fingerprint density at radius 3 is 3.00 bits per heavy atom. The van der Waals surface area contributed by atoms with E-state index in [-0.39, 0.29) is 6.04 Å². The maximum atomic E-state index is 5.01. The van der Waals surface area contributed by atoms with Crippen molar-refractivity contribution < 1.29 is 9.78 Å². The molecule has 1 aromatic carbocycles. The van der Waals surface area contributed by atoms with Crippen LogP contribution in [-0.2, 0) is 4.89 Å². The van der Waals surface area contributed by atoms with Crippen LogP contribution in [0.5, 0.6) is 5.75 Å². The lowest BCUT2D eigenvalue weighted by Crippen LogP contribution is -2.28. The van der Waals surface area contributed by atoms with E-state index in [0.717, 1.165) is 17.9 Å². The average Bonchev–Trinajstić information content (AvgIpc) is 2.27. The number of para-hydroxylation sites is 1. The summed E-state index contributed by atoms with van der Waals surface area (Å²) in [4.78, 5) is 12.0. The summed E-state index contributed by atoms with van der Waals surface area (Å²) in [6, 6.07) is 7.90. The molecule has 1 unspecified atom stereocenters. The zero-order valence-electron chi connectivity index (χ0n) is 8.36. The summed E-state index contributed by atoms with van der Waals surface area (Å²) in [6.45, 7) is 5.87. The van der Waals surface area contributed by atoms with Gasteiger partial charge >= 0.3 is 0 Å². The van der Waals surface area contributed by atoms with Crippen molar-refractivity contribution in [2.75, 3.05) is 13.6 Å². The second-order valence-electron chi connectivity index (χ2n) is 3.30. The Hall–Kier alpha value is -1.06. The summed E-state index contributed by atoms with van der Waals surface area (Å²) in [5.41, 5.74) is 1.10. The first-order valence-electron chi connectivity index (χ1n) is 4.71. The van der Waals surface area contributed by atoms with Gasteiger partial charge in [-0.3, -0.25) is 4.90 Å². The van der Waals surface area contributed by atoms with E-state index >= 15 is 0 Å². The third kappa shape index (κ3) is 1.61. The van der Waals surface area contributed by atoms with Gasteiger partial charge in [-0.2, -0.15) is 4.89 Å². The first kappa shape index (κ1) is 9.49. The Labute approximate surface area is 84.2 Å². The van der Waals surface area contributed by atoms with Crippen molar-refractivity contribution in [1.82, 2.24) is 4.90 Å².